The molecular weight excluding hydrogens is 654 g/mol. The van der Waals surface area contributed by atoms with E-state index >= 15 is 0 Å². The van der Waals surface area contributed by atoms with Gasteiger partial charge in [0.25, 0.3) is 17.7 Å². The number of carbonyl (C=O) groups is 5. The Hall–Kier alpha value is -4.73. The lowest BCUT2D eigenvalue weighted by molar-refractivity contribution is -0.148. The Morgan fingerprint density at radius 1 is 1.06 bits per heavy atom. The van der Waals surface area contributed by atoms with Crippen LogP contribution < -0.4 is 20.9 Å². The molecule has 0 radical (unpaired) electrons. The number of nitrogens with zero attached hydrogens (tertiary/aromatic N) is 2. The van der Waals surface area contributed by atoms with Crippen LogP contribution in [0.2, 0.25) is 0 Å². The van der Waals surface area contributed by atoms with E-state index in [0.29, 0.717) is 18.2 Å². The summed E-state index contributed by atoms with van der Waals surface area (Å²) in [6.45, 7) is 2.24. The molecule has 268 valence electrons. The van der Waals surface area contributed by atoms with Crippen LogP contribution >= 0.6 is 0 Å². The smallest absolute Gasteiger partial charge is 0.267 e. The van der Waals surface area contributed by atoms with E-state index in [9.17, 15) is 46.7 Å². The van der Waals surface area contributed by atoms with Crippen molar-refractivity contribution in [3.05, 3.63) is 65.7 Å². The van der Waals surface area contributed by atoms with Gasteiger partial charge in [-0.25, -0.2) is 23.0 Å². The van der Waals surface area contributed by atoms with E-state index in [4.69, 9.17) is 4.74 Å². The lowest BCUT2D eigenvalue weighted by Gasteiger charge is -2.35. The standard InChI is InChI=1S/C33H41F4N5O7/c1-4-20(2)28(31(46)39-25(30(45)40-48)12-13-38-29(44)21-15-22(34)17-23(35)16-21)41(3)32(47)26-18-33(36,37)19-42(26)27(43)11-8-14-49-24-9-6-5-7-10-24/h5-7,9-10,15-17,20,25-26,28,48H,4,8,11-14,18-19H2,1-3H3,(H,38,44)(H,39,46)(H,40,45)/t20?,25?,26-,28?/m0/s1. The molecule has 0 bridgehead atoms. The van der Waals surface area contributed by atoms with Gasteiger partial charge >= 0.3 is 0 Å². The number of para-hydroxylation sites is 1. The zero-order valence-corrected chi connectivity index (χ0v) is 27.4. The van der Waals surface area contributed by atoms with Crippen LogP contribution in [0.3, 0.4) is 0 Å². The van der Waals surface area contributed by atoms with Crippen molar-refractivity contribution in [2.45, 2.75) is 70.0 Å². The van der Waals surface area contributed by atoms with Crippen molar-refractivity contribution in [3.8, 4) is 5.75 Å². The van der Waals surface area contributed by atoms with E-state index in [-0.39, 0.29) is 38.0 Å². The first kappa shape index (κ1) is 38.7. The molecule has 1 aliphatic rings. The van der Waals surface area contributed by atoms with Crippen LogP contribution in [-0.4, -0.2) is 95.3 Å². The number of nitrogens with one attached hydrogen (secondary N) is 3. The van der Waals surface area contributed by atoms with Crippen LogP contribution in [0.15, 0.2) is 48.5 Å². The molecule has 5 amide bonds. The van der Waals surface area contributed by atoms with Crippen LogP contribution in [0, 0.1) is 17.6 Å². The summed E-state index contributed by atoms with van der Waals surface area (Å²) >= 11 is 0. The molecule has 1 aliphatic heterocycles. The maximum atomic E-state index is 14.6. The second-order valence-electron chi connectivity index (χ2n) is 11.9. The molecule has 49 heavy (non-hydrogen) atoms. The Morgan fingerprint density at radius 2 is 1.71 bits per heavy atom. The van der Waals surface area contributed by atoms with E-state index in [0.717, 1.165) is 21.9 Å². The highest BCUT2D eigenvalue weighted by molar-refractivity contribution is 5.95. The van der Waals surface area contributed by atoms with Gasteiger partial charge in [-0.05, 0) is 43.0 Å². The van der Waals surface area contributed by atoms with Gasteiger partial charge in [0, 0.05) is 38.1 Å². The van der Waals surface area contributed by atoms with E-state index in [1.165, 1.54) is 12.5 Å². The fraction of sp³-hybridized carbons (Fsp3) is 0.485. The Kier molecular flexibility index (Phi) is 13.9. The van der Waals surface area contributed by atoms with E-state index in [1.54, 1.807) is 38.1 Å². The van der Waals surface area contributed by atoms with E-state index in [2.05, 4.69) is 10.6 Å². The van der Waals surface area contributed by atoms with Crippen LogP contribution in [0.4, 0.5) is 17.6 Å². The summed E-state index contributed by atoms with van der Waals surface area (Å²) < 4.78 is 61.8. The molecular formula is C33H41F4N5O7. The first-order valence-electron chi connectivity index (χ1n) is 15.8. The van der Waals surface area contributed by atoms with Crippen LogP contribution in [-0.2, 0) is 19.2 Å². The molecule has 1 saturated heterocycles. The average molecular weight is 696 g/mol. The first-order valence-corrected chi connectivity index (χ1v) is 15.8. The van der Waals surface area contributed by atoms with Crippen LogP contribution in [0.1, 0.15) is 56.3 Å². The van der Waals surface area contributed by atoms with E-state index in [1.807, 2.05) is 6.07 Å². The van der Waals surface area contributed by atoms with Gasteiger partial charge in [-0.3, -0.25) is 29.2 Å². The van der Waals surface area contributed by atoms with Gasteiger partial charge in [-0.1, -0.05) is 38.5 Å². The number of carbonyl (C=O) groups excluding carboxylic acids is 5. The number of alkyl halides is 2. The monoisotopic (exact) mass is 695 g/mol. The van der Waals surface area contributed by atoms with Gasteiger partial charge in [0.2, 0.25) is 17.7 Å². The SMILES string of the molecule is CCC(C)C(C(=O)NC(CCNC(=O)c1cc(F)cc(F)c1)C(=O)NO)N(C)C(=O)[C@@H]1CC(F)(F)CN1C(=O)CCCOc1ccccc1. The molecule has 1 heterocycles. The highest BCUT2D eigenvalue weighted by atomic mass is 19.3. The lowest BCUT2D eigenvalue weighted by Crippen LogP contribution is -2.58. The molecule has 0 aromatic heterocycles. The number of rotatable bonds is 16. The van der Waals surface area contributed by atoms with Crippen LogP contribution in [0.25, 0.3) is 0 Å². The summed E-state index contributed by atoms with van der Waals surface area (Å²) in [7, 11) is 1.24. The van der Waals surface area contributed by atoms with Crippen molar-refractivity contribution in [1.29, 1.82) is 0 Å². The summed E-state index contributed by atoms with van der Waals surface area (Å²) in [6, 6.07) is 6.70. The number of hydrogen-bond donors (Lipinski definition) is 4. The van der Waals surface area contributed by atoms with Crippen molar-refractivity contribution in [2.24, 2.45) is 5.92 Å². The van der Waals surface area contributed by atoms with Crippen molar-refractivity contribution in [3.63, 3.8) is 0 Å². The Bertz CT molecular complexity index is 1460. The molecule has 1 fully saturated rings. The van der Waals surface area contributed by atoms with Gasteiger partial charge in [-0.15, -0.1) is 0 Å². The molecule has 3 rings (SSSR count). The second-order valence-corrected chi connectivity index (χ2v) is 11.9. The summed E-state index contributed by atoms with van der Waals surface area (Å²) in [4.78, 5) is 66.9. The summed E-state index contributed by atoms with van der Waals surface area (Å²) in [5, 5.41) is 14.0. The third-order valence-corrected chi connectivity index (χ3v) is 8.23. The van der Waals surface area contributed by atoms with Crippen molar-refractivity contribution in [2.75, 3.05) is 26.7 Å². The number of benzene rings is 2. The number of hydrogen-bond acceptors (Lipinski definition) is 7. The Morgan fingerprint density at radius 3 is 2.33 bits per heavy atom. The molecule has 12 nitrogen and oxygen atoms in total. The minimum Gasteiger partial charge on any atom is -0.494 e. The molecule has 3 unspecified atom stereocenters. The van der Waals surface area contributed by atoms with Gasteiger partial charge in [0.05, 0.1) is 13.2 Å². The van der Waals surface area contributed by atoms with Crippen LogP contribution in [0.5, 0.6) is 5.75 Å². The zero-order valence-electron chi connectivity index (χ0n) is 27.4. The number of likely N-dealkylation sites (tertiary alicyclic amines) is 1. The number of amides is 5. The number of hydroxylamine groups is 1. The van der Waals surface area contributed by atoms with Crippen molar-refractivity contribution >= 4 is 29.5 Å². The van der Waals surface area contributed by atoms with Gasteiger partial charge in [0.1, 0.15) is 35.5 Å². The van der Waals surface area contributed by atoms with Gasteiger partial charge < -0.3 is 25.2 Å². The van der Waals surface area contributed by atoms with Crippen molar-refractivity contribution < 1.29 is 51.5 Å². The molecule has 0 saturated carbocycles. The second kappa shape index (κ2) is 17.6. The number of halogens is 4. The fourth-order valence-electron chi connectivity index (χ4n) is 5.51. The fourth-order valence-corrected chi connectivity index (χ4v) is 5.51. The lowest BCUT2D eigenvalue weighted by atomic mass is 9.95. The number of likely N-dealkylation sites (N-methyl/N-ethyl adjacent to an activating group) is 1. The normalized spacial score (nSPS) is 17.0. The minimum absolute atomic E-state index is 0.143. The predicted molar refractivity (Wildman–Crippen MR) is 167 cm³/mol. The summed E-state index contributed by atoms with van der Waals surface area (Å²) in [5.41, 5.74) is 1.08. The maximum Gasteiger partial charge on any atom is 0.267 e. The molecule has 2 aromatic carbocycles. The van der Waals surface area contributed by atoms with E-state index < -0.39 is 84.1 Å². The molecule has 4 atom stereocenters. The molecule has 16 heteroatoms. The quantitative estimate of drug-likeness (QED) is 0.0911. The topological polar surface area (TPSA) is 157 Å². The first-order chi connectivity index (χ1) is 23.2. The maximum absolute atomic E-state index is 14.6. The molecule has 2 aromatic rings. The average Bonchev–Trinajstić information content (AvgIpc) is 3.40. The Balaban J connectivity index is 1.68. The highest BCUT2D eigenvalue weighted by Gasteiger charge is 2.51. The van der Waals surface area contributed by atoms with Crippen molar-refractivity contribution in [1.82, 2.24) is 25.9 Å². The third kappa shape index (κ3) is 10.9. The third-order valence-electron chi connectivity index (χ3n) is 8.23. The summed E-state index contributed by atoms with van der Waals surface area (Å²) in [5.74, 6) is -9.66. The summed E-state index contributed by atoms with van der Waals surface area (Å²) in [6.07, 6.45) is -0.843. The molecule has 4 N–H and O–H groups in total. The minimum atomic E-state index is -3.35. The van der Waals surface area contributed by atoms with Gasteiger partial charge in [0.15, 0.2) is 0 Å². The van der Waals surface area contributed by atoms with Gasteiger partial charge in [-0.2, -0.15) is 0 Å². The predicted octanol–water partition coefficient (Wildman–Crippen LogP) is 3.04. The Labute approximate surface area is 281 Å². The largest absolute Gasteiger partial charge is 0.494 e. The highest BCUT2D eigenvalue weighted by Crippen LogP contribution is 2.34. The zero-order chi connectivity index (χ0) is 36.3. The molecule has 0 aliphatic carbocycles. The number of ether oxygens (including phenoxy) is 1. The molecule has 0 spiro atoms.